The minimum atomic E-state index is 0.687. The van der Waals surface area contributed by atoms with E-state index in [4.69, 9.17) is 4.98 Å². The normalized spacial score (nSPS) is 16.9. The van der Waals surface area contributed by atoms with Gasteiger partial charge in [-0.2, -0.15) is 0 Å². The molecule has 19 heavy (non-hydrogen) atoms. The molecule has 1 saturated carbocycles. The van der Waals surface area contributed by atoms with Crippen LogP contribution >= 0.6 is 27.3 Å². The van der Waals surface area contributed by atoms with Gasteiger partial charge in [0.1, 0.15) is 0 Å². The van der Waals surface area contributed by atoms with Crippen LogP contribution in [0.1, 0.15) is 32.1 Å². The van der Waals surface area contributed by atoms with Crippen LogP contribution in [0.5, 0.6) is 0 Å². The van der Waals surface area contributed by atoms with E-state index in [9.17, 15) is 0 Å². The number of rotatable bonds is 4. The third-order valence-corrected chi connectivity index (χ3v) is 5.30. The molecular formula is C15H19BrN2S. The van der Waals surface area contributed by atoms with E-state index >= 15 is 0 Å². The maximum atomic E-state index is 4.83. The number of hydrogen-bond acceptors (Lipinski definition) is 3. The smallest absolute Gasteiger partial charge is 0.186 e. The summed E-state index contributed by atoms with van der Waals surface area (Å²) in [6.45, 7) is 1.06. The summed E-state index contributed by atoms with van der Waals surface area (Å²) in [5, 5.41) is 2.21. The van der Waals surface area contributed by atoms with E-state index in [-0.39, 0.29) is 0 Å². The molecule has 0 aliphatic heterocycles. The molecule has 102 valence electrons. The van der Waals surface area contributed by atoms with E-state index in [2.05, 4.69) is 45.1 Å². The van der Waals surface area contributed by atoms with Crippen LogP contribution in [-0.4, -0.2) is 22.9 Å². The molecule has 0 radical (unpaired) electrons. The Bertz CT molecular complexity index is 501. The topological polar surface area (TPSA) is 16.1 Å². The highest BCUT2D eigenvalue weighted by Crippen LogP contribution is 2.33. The highest BCUT2D eigenvalue weighted by Gasteiger charge is 2.23. The summed E-state index contributed by atoms with van der Waals surface area (Å²) in [6, 6.07) is 9.14. The molecule has 0 spiro atoms. The van der Waals surface area contributed by atoms with E-state index in [1.807, 2.05) is 11.3 Å². The van der Waals surface area contributed by atoms with Crippen molar-refractivity contribution < 1.29 is 0 Å². The summed E-state index contributed by atoms with van der Waals surface area (Å²) < 4.78 is 1.30. The van der Waals surface area contributed by atoms with E-state index in [1.165, 1.54) is 41.9 Å². The quantitative estimate of drug-likeness (QED) is 0.742. The van der Waals surface area contributed by atoms with Crippen molar-refractivity contribution in [3.05, 3.63) is 24.3 Å². The summed E-state index contributed by atoms with van der Waals surface area (Å²) >= 11 is 5.43. The zero-order valence-corrected chi connectivity index (χ0v) is 13.4. The van der Waals surface area contributed by atoms with Crippen LogP contribution in [0, 0.1) is 0 Å². The first-order valence-electron chi connectivity index (χ1n) is 7.06. The van der Waals surface area contributed by atoms with Crippen molar-refractivity contribution in [2.24, 2.45) is 0 Å². The molecule has 2 aromatic rings. The molecule has 0 bridgehead atoms. The third-order valence-electron chi connectivity index (χ3n) is 3.87. The molecule has 1 aliphatic carbocycles. The van der Waals surface area contributed by atoms with Crippen molar-refractivity contribution in [3.8, 4) is 0 Å². The third kappa shape index (κ3) is 2.95. The van der Waals surface area contributed by atoms with Gasteiger partial charge in [-0.3, -0.25) is 0 Å². The number of anilines is 1. The zero-order chi connectivity index (χ0) is 13.1. The molecule has 0 saturated heterocycles. The lowest BCUT2D eigenvalue weighted by molar-refractivity contribution is 0.419. The SMILES string of the molecule is BrCCN(c1nc2ccccc2s1)C1CCCCC1. The second kappa shape index (κ2) is 6.23. The summed E-state index contributed by atoms with van der Waals surface area (Å²) in [7, 11) is 0. The Kier molecular flexibility index (Phi) is 4.38. The van der Waals surface area contributed by atoms with Crippen molar-refractivity contribution in [2.75, 3.05) is 16.8 Å². The molecule has 0 N–H and O–H groups in total. The number of hydrogen-bond donors (Lipinski definition) is 0. The van der Waals surface area contributed by atoms with Crippen molar-refractivity contribution >= 4 is 42.6 Å². The highest BCUT2D eigenvalue weighted by atomic mass is 79.9. The summed E-state index contributed by atoms with van der Waals surface area (Å²) in [6.07, 6.45) is 6.78. The fraction of sp³-hybridized carbons (Fsp3) is 0.533. The Labute approximate surface area is 127 Å². The number of halogens is 1. The molecule has 0 amide bonds. The lowest BCUT2D eigenvalue weighted by atomic mass is 9.94. The van der Waals surface area contributed by atoms with Crippen LogP contribution in [0.15, 0.2) is 24.3 Å². The Hall–Kier alpha value is -0.610. The van der Waals surface area contributed by atoms with Crippen LogP contribution in [0.2, 0.25) is 0 Å². The van der Waals surface area contributed by atoms with Crippen LogP contribution < -0.4 is 4.90 Å². The predicted octanol–water partition coefficient (Wildman–Crippen LogP) is 4.83. The van der Waals surface area contributed by atoms with Crippen molar-refractivity contribution in [1.29, 1.82) is 0 Å². The molecular weight excluding hydrogens is 320 g/mol. The predicted molar refractivity (Wildman–Crippen MR) is 87.6 cm³/mol. The van der Waals surface area contributed by atoms with Gasteiger partial charge in [0.2, 0.25) is 0 Å². The molecule has 1 aliphatic rings. The Morgan fingerprint density at radius 3 is 2.74 bits per heavy atom. The van der Waals surface area contributed by atoms with E-state index in [1.54, 1.807) is 0 Å². The summed E-state index contributed by atoms with van der Waals surface area (Å²) in [4.78, 5) is 7.36. The van der Waals surface area contributed by atoms with Gasteiger partial charge in [-0.05, 0) is 25.0 Å². The average molecular weight is 339 g/mol. The van der Waals surface area contributed by atoms with Gasteiger partial charge >= 0.3 is 0 Å². The maximum Gasteiger partial charge on any atom is 0.186 e. The largest absolute Gasteiger partial charge is 0.344 e. The number of fused-ring (bicyclic) bond motifs is 1. The molecule has 1 heterocycles. The number of aromatic nitrogens is 1. The number of nitrogens with zero attached hydrogens (tertiary/aromatic N) is 2. The lowest BCUT2D eigenvalue weighted by Crippen LogP contribution is -2.38. The van der Waals surface area contributed by atoms with E-state index in [0.717, 1.165) is 17.4 Å². The van der Waals surface area contributed by atoms with Crippen LogP contribution in [0.3, 0.4) is 0 Å². The molecule has 4 heteroatoms. The number of para-hydroxylation sites is 1. The van der Waals surface area contributed by atoms with Crippen molar-refractivity contribution in [2.45, 2.75) is 38.1 Å². The average Bonchev–Trinajstić information content (AvgIpc) is 2.89. The first-order chi connectivity index (χ1) is 9.38. The molecule has 3 rings (SSSR count). The van der Waals surface area contributed by atoms with Crippen LogP contribution in [0.4, 0.5) is 5.13 Å². The van der Waals surface area contributed by atoms with Gasteiger partial charge in [-0.15, -0.1) is 0 Å². The van der Waals surface area contributed by atoms with Gasteiger partial charge in [-0.25, -0.2) is 4.98 Å². The lowest BCUT2D eigenvalue weighted by Gasteiger charge is -2.33. The second-order valence-corrected chi connectivity index (χ2v) is 6.94. The van der Waals surface area contributed by atoms with Gasteiger partial charge in [-0.1, -0.05) is 58.7 Å². The molecule has 1 aromatic carbocycles. The first kappa shape index (κ1) is 13.4. The van der Waals surface area contributed by atoms with E-state index in [0.29, 0.717) is 6.04 Å². The number of thiazole rings is 1. The Morgan fingerprint density at radius 1 is 1.21 bits per heavy atom. The van der Waals surface area contributed by atoms with Crippen molar-refractivity contribution in [3.63, 3.8) is 0 Å². The van der Waals surface area contributed by atoms with Crippen LogP contribution in [-0.2, 0) is 0 Å². The van der Waals surface area contributed by atoms with Gasteiger partial charge < -0.3 is 4.90 Å². The fourth-order valence-corrected chi connectivity index (χ4v) is 4.35. The first-order valence-corrected chi connectivity index (χ1v) is 9.00. The monoisotopic (exact) mass is 338 g/mol. The number of benzene rings is 1. The summed E-state index contributed by atoms with van der Waals surface area (Å²) in [5.41, 5.74) is 1.14. The van der Waals surface area contributed by atoms with Gasteiger partial charge in [0.15, 0.2) is 5.13 Å². The molecule has 1 fully saturated rings. The van der Waals surface area contributed by atoms with Crippen molar-refractivity contribution in [1.82, 2.24) is 4.98 Å². The molecule has 0 atom stereocenters. The summed E-state index contributed by atoms with van der Waals surface area (Å²) in [5.74, 6) is 0. The molecule has 0 unspecified atom stereocenters. The Balaban J connectivity index is 1.89. The number of alkyl halides is 1. The maximum absolute atomic E-state index is 4.83. The molecule has 1 aromatic heterocycles. The standard InChI is InChI=1S/C15H19BrN2S/c16-10-11-18(12-6-2-1-3-7-12)15-17-13-8-4-5-9-14(13)19-15/h4-5,8-9,12H,1-3,6-7,10-11H2. The minimum absolute atomic E-state index is 0.687. The second-order valence-electron chi connectivity index (χ2n) is 5.14. The Morgan fingerprint density at radius 2 is 2.00 bits per heavy atom. The zero-order valence-electron chi connectivity index (χ0n) is 11.0. The van der Waals surface area contributed by atoms with Crippen LogP contribution in [0.25, 0.3) is 10.2 Å². The van der Waals surface area contributed by atoms with Gasteiger partial charge in [0.25, 0.3) is 0 Å². The van der Waals surface area contributed by atoms with Gasteiger partial charge in [0, 0.05) is 17.9 Å². The molecule has 2 nitrogen and oxygen atoms in total. The fourth-order valence-electron chi connectivity index (χ4n) is 2.90. The van der Waals surface area contributed by atoms with E-state index < -0.39 is 0 Å². The minimum Gasteiger partial charge on any atom is -0.344 e. The van der Waals surface area contributed by atoms with Gasteiger partial charge in [0.05, 0.1) is 10.2 Å². The highest BCUT2D eigenvalue weighted by molar-refractivity contribution is 9.09.